The topological polar surface area (TPSA) is 60.5 Å². The van der Waals surface area contributed by atoms with Crippen molar-refractivity contribution in [2.45, 2.75) is 44.4 Å². The van der Waals surface area contributed by atoms with Crippen LogP contribution < -0.4 is 10.1 Å². The molecule has 1 saturated carbocycles. The molecule has 0 saturated heterocycles. The van der Waals surface area contributed by atoms with Crippen LogP contribution in [0.2, 0.25) is 0 Å². The Bertz CT molecular complexity index is 819. The van der Waals surface area contributed by atoms with Crippen LogP contribution in [-0.4, -0.2) is 31.2 Å². The summed E-state index contributed by atoms with van der Waals surface area (Å²) < 4.78 is 25.0. The Labute approximate surface area is 165 Å². The van der Waals surface area contributed by atoms with Crippen LogP contribution in [0.25, 0.3) is 0 Å². The molecule has 1 amide bonds. The van der Waals surface area contributed by atoms with Crippen molar-refractivity contribution in [1.29, 1.82) is 0 Å². The van der Waals surface area contributed by atoms with Gasteiger partial charge in [0.1, 0.15) is 12.4 Å². The van der Waals surface area contributed by atoms with E-state index in [0.29, 0.717) is 48.9 Å². The lowest BCUT2D eigenvalue weighted by molar-refractivity contribution is -0.122. The molecule has 1 aromatic heterocycles. The fraction of sp³-hybridized carbons (Fsp3) is 0.455. The van der Waals surface area contributed by atoms with Crippen LogP contribution in [0.1, 0.15) is 43.4 Å². The van der Waals surface area contributed by atoms with Gasteiger partial charge in [0.15, 0.2) is 0 Å². The van der Waals surface area contributed by atoms with Crippen LogP contribution in [-0.2, 0) is 14.9 Å². The van der Waals surface area contributed by atoms with E-state index in [-0.39, 0.29) is 11.7 Å². The second kappa shape index (κ2) is 9.15. The summed E-state index contributed by atoms with van der Waals surface area (Å²) in [6.45, 7) is 2.70. The zero-order valence-corrected chi connectivity index (χ0v) is 16.5. The number of hydrogen-bond acceptors (Lipinski definition) is 4. The van der Waals surface area contributed by atoms with E-state index in [2.05, 4.69) is 10.3 Å². The molecule has 1 N–H and O–H groups in total. The third-order valence-corrected chi connectivity index (χ3v) is 5.38. The van der Waals surface area contributed by atoms with Gasteiger partial charge in [0.05, 0.1) is 23.4 Å². The molecule has 1 aliphatic carbocycles. The van der Waals surface area contributed by atoms with Crippen molar-refractivity contribution < 1.29 is 18.7 Å². The fourth-order valence-electron chi connectivity index (χ4n) is 3.85. The van der Waals surface area contributed by atoms with Gasteiger partial charge in [-0.2, -0.15) is 0 Å². The third-order valence-electron chi connectivity index (χ3n) is 5.38. The van der Waals surface area contributed by atoms with Crippen LogP contribution in [0.4, 0.5) is 10.1 Å². The number of halogens is 1. The molecule has 1 fully saturated rings. The van der Waals surface area contributed by atoms with Crippen molar-refractivity contribution in [2.75, 3.05) is 25.6 Å². The molecule has 5 nitrogen and oxygen atoms in total. The Hall–Kier alpha value is -2.47. The van der Waals surface area contributed by atoms with Gasteiger partial charge in [-0.15, -0.1) is 0 Å². The summed E-state index contributed by atoms with van der Waals surface area (Å²) >= 11 is 0. The van der Waals surface area contributed by atoms with Crippen molar-refractivity contribution in [3.8, 4) is 5.88 Å². The van der Waals surface area contributed by atoms with Gasteiger partial charge < -0.3 is 14.8 Å². The highest BCUT2D eigenvalue weighted by atomic mass is 19.1. The maximum absolute atomic E-state index is 14.6. The molecule has 0 atom stereocenters. The number of nitrogens with zero attached hydrogens (tertiary/aromatic N) is 1. The van der Waals surface area contributed by atoms with Gasteiger partial charge in [0, 0.05) is 18.7 Å². The number of hydrogen-bond donors (Lipinski definition) is 1. The number of carbonyl (C=O) groups is 1. The first-order valence-corrected chi connectivity index (χ1v) is 9.73. The minimum absolute atomic E-state index is 0.171. The Morgan fingerprint density at radius 2 is 1.89 bits per heavy atom. The highest BCUT2D eigenvalue weighted by molar-refractivity contribution is 5.99. The first-order valence-electron chi connectivity index (χ1n) is 9.73. The Kier molecular flexibility index (Phi) is 6.62. The number of rotatable bonds is 7. The van der Waals surface area contributed by atoms with Crippen LogP contribution >= 0.6 is 0 Å². The molecule has 0 unspecified atom stereocenters. The van der Waals surface area contributed by atoms with E-state index < -0.39 is 5.41 Å². The number of carbonyl (C=O) groups excluding carboxylic acids is 1. The number of aryl methyl sites for hydroxylation is 1. The summed E-state index contributed by atoms with van der Waals surface area (Å²) in [4.78, 5) is 17.7. The van der Waals surface area contributed by atoms with E-state index in [1.807, 2.05) is 6.92 Å². The summed E-state index contributed by atoms with van der Waals surface area (Å²) in [7, 11) is 1.61. The maximum Gasteiger partial charge on any atom is 0.235 e. The molecule has 0 radical (unpaired) electrons. The SMILES string of the molecule is COCCOc1ccc(NC(=O)C2(c3ccccc3F)CCCCC2)c(C)n1. The van der Waals surface area contributed by atoms with Crippen LogP contribution in [0.5, 0.6) is 5.88 Å². The summed E-state index contributed by atoms with van der Waals surface area (Å²) in [5, 5.41) is 2.99. The molecule has 0 bridgehead atoms. The van der Waals surface area contributed by atoms with Crippen LogP contribution in [0.15, 0.2) is 36.4 Å². The predicted octanol–water partition coefficient (Wildman–Crippen LogP) is 4.39. The second-order valence-electron chi connectivity index (χ2n) is 7.20. The van der Waals surface area contributed by atoms with E-state index in [1.54, 1.807) is 37.4 Å². The molecule has 28 heavy (non-hydrogen) atoms. The van der Waals surface area contributed by atoms with Gasteiger partial charge in [-0.05, 0) is 31.9 Å². The first-order chi connectivity index (χ1) is 13.6. The number of ether oxygens (including phenoxy) is 2. The molecule has 1 heterocycles. The van der Waals surface area contributed by atoms with Gasteiger partial charge in [-0.3, -0.25) is 4.79 Å². The van der Waals surface area contributed by atoms with E-state index in [4.69, 9.17) is 9.47 Å². The first kappa shape index (κ1) is 20.3. The highest BCUT2D eigenvalue weighted by Crippen LogP contribution is 2.41. The lowest BCUT2D eigenvalue weighted by Gasteiger charge is -2.36. The number of anilines is 1. The molecular formula is C22H27FN2O3. The zero-order chi connectivity index (χ0) is 20.0. The molecule has 150 valence electrons. The molecule has 1 aromatic carbocycles. The van der Waals surface area contributed by atoms with Gasteiger partial charge in [-0.1, -0.05) is 37.5 Å². The lowest BCUT2D eigenvalue weighted by atomic mass is 9.68. The van der Waals surface area contributed by atoms with E-state index in [9.17, 15) is 9.18 Å². The van der Waals surface area contributed by atoms with Crippen molar-refractivity contribution in [1.82, 2.24) is 4.98 Å². The van der Waals surface area contributed by atoms with E-state index in [0.717, 1.165) is 19.3 Å². The number of nitrogens with one attached hydrogen (secondary N) is 1. The fourth-order valence-corrected chi connectivity index (χ4v) is 3.85. The second-order valence-corrected chi connectivity index (χ2v) is 7.20. The summed E-state index contributed by atoms with van der Waals surface area (Å²) in [6.07, 6.45) is 4.17. The average molecular weight is 386 g/mol. The number of pyridine rings is 1. The minimum atomic E-state index is -0.844. The molecular weight excluding hydrogens is 359 g/mol. The van der Waals surface area contributed by atoms with Crippen LogP contribution in [0, 0.1) is 12.7 Å². The number of benzene rings is 1. The normalized spacial score (nSPS) is 15.8. The molecule has 0 aliphatic heterocycles. The summed E-state index contributed by atoms with van der Waals surface area (Å²) in [5.41, 5.74) is 0.911. The van der Waals surface area contributed by atoms with E-state index in [1.165, 1.54) is 6.07 Å². The van der Waals surface area contributed by atoms with Crippen LogP contribution in [0.3, 0.4) is 0 Å². The Balaban J connectivity index is 1.82. The number of methoxy groups -OCH3 is 1. The molecule has 2 aromatic rings. The molecule has 6 heteroatoms. The quantitative estimate of drug-likeness (QED) is 0.717. The van der Waals surface area contributed by atoms with Gasteiger partial charge in [-0.25, -0.2) is 9.37 Å². The third kappa shape index (κ3) is 4.33. The molecule has 0 spiro atoms. The standard InChI is InChI=1S/C22H27FN2O3/c1-16-19(10-11-20(24-16)28-15-14-27-2)25-21(26)22(12-6-3-7-13-22)17-8-4-5-9-18(17)23/h4-5,8-11H,3,6-7,12-15H2,1-2H3,(H,25,26). The lowest BCUT2D eigenvalue weighted by Crippen LogP contribution is -2.42. The van der Waals surface area contributed by atoms with Crippen molar-refractivity contribution in [2.24, 2.45) is 0 Å². The van der Waals surface area contributed by atoms with Gasteiger partial charge >= 0.3 is 0 Å². The largest absolute Gasteiger partial charge is 0.475 e. The van der Waals surface area contributed by atoms with E-state index >= 15 is 0 Å². The Morgan fingerprint density at radius 3 is 2.57 bits per heavy atom. The smallest absolute Gasteiger partial charge is 0.235 e. The van der Waals surface area contributed by atoms with Crippen molar-refractivity contribution >= 4 is 11.6 Å². The average Bonchev–Trinajstić information content (AvgIpc) is 2.71. The molecule has 1 aliphatic rings. The van der Waals surface area contributed by atoms with Crippen molar-refractivity contribution in [3.05, 3.63) is 53.5 Å². The zero-order valence-electron chi connectivity index (χ0n) is 16.5. The Morgan fingerprint density at radius 1 is 1.14 bits per heavy atom. The van der Waals surface area contributed by atoms with Gasteiger partial charge in [0.2, 0.25) is 11.8 Å². The number of aromatic nitrogens is 1. The summed E-state index contributed by atoms with van der Waals surface area (Å²) in [5.74, 6) is -0.0134. The molecule has 3 rings (SSSR count). The number of amides is 1. The maximum atomic E-state index is 14.6. The van der Waals surface area contributed by atoms with Crippen molar-refractivity contribution in [3.63, 3.8) is 0 Å². The summed E-state index contributed by atoms with van der Waals surface area (Å²) in [6, 6.07) is 10.1. The van der Waals surface area contributed by atoms with Gasteiger partial charge in [0.25, 0.3) is 0 Å². The predicted molar refractivity (Wildman–Crippen MR) is 106 cm³/mol. The monoisotopic (exact) mass is 386 g/mol. The minimum Gasteiger partial charge on any atom is -0.475 e. The highest BCUT2D eigenvalue weighted by Gasteiger charge is 2.43.